The van der Waals surface area contributed by atoms with Crippen molar-refractivity contribution in [2.45, 2.75) is 26.7 Å². The number of carbonyl (C=O) groups is 2. The highest BCUT2D eigenvalue weighted by atomic mass is 16.2. The molecule has 2 amide bonds. The second-order valence-corrected chi connectivity index (χ2v) is 5.08. The van der Waals surface area contributed by atoms with Gasteiger partial charge in [-0.2, -0.15) is 0 Å². The van der Waals surface area contributed by atoms with Crippen LogP contribution in [0.3, 0.4) is 0 Å². The summed E-state index contributed by atoms with van der Waals surface area (Å²) >= 11 is 0. The molecule has 0 spiro atoms. The van der Waals surface area contributed by atoms with Gasteiger partial charge in [0.25, 0.3) is 0 Å². The first-order chi connectivity index (χ1) is 7.89. The lowest BCUT2D eigenvalue weighted by atomic mass is 9.81. The Morgan fingerprint density at radius 1 is 1.24 bits per heavy atom. The number of pyridine rings is 1. The SMILES string of the molecule is CC1(C)CC(=O)N(c2ccc(N)nc2)C(=O)C1. The van der Waals surface area contributed by atoms with Crippen LogP contribution in [-0.4, -0.2) is 16.8 Å². The van der Waals surface area contributed by atoms with Gasteiger partial charge in [-0.1, -0.05) is 13.8 Å². The number of nitrogens with two attached hydrogens (primary N) is 1. The third-order valence-corrected chi connectivity index (χ3v) is 2.79. The maximum Gasteiger partial charge on any atom is 0.234 e. The van der Waals surface area contributed by atoms with E-state index in [1.807, 2.05) is 13.8 Å². The number of hydrogen-bond donors (Lipinski definition) is 1. The van der Waals surface area contributed by atoms with Gasteiger partial charge >= 0.3 is 0 Å². The summed E-state index contributed by atoms with van der Waals surface area (Å²) in [5, 5.41) is 0. The Morgan fingerprint density at radius 2 is 1.82 bits per heavy atom. The van der Waals surface area contributed by atoms with Gasteiger partial charge in [-0.05, 0) is 17.5 Å². The fourth-order valence-electron chi connectivity index (χ4n) is 2.00. The molecule has 5 nitrogen and oxygen atoms in total. The zero-order chi connectivity index (χ0) is 12.6. The molecule has 0 bridgehead atoms. The number of anilines is 2. The zero-order valence-corrected chi connectivity index (χ0v) is 9.93. The van der Waals surface area contributed by atoms with Crippen molar-refractivity contribution >= 4 is 23.3 Å². The zero-order valence-electron chi connectivity index (χ0n) is 9.93. The van der Waals surface area contributed by atoms with Crippen LogP contribution < -0.4 is 10.6 Å². The lowest BCUT2D eigenvalue weighted by Gasteiger charge is -2.34. The monoisotopic (exact) mass is 233 g/mol. The number of hydrogen-bond acceptors (Lipinski definition) is 4. The number of rotatable bonds is 1. The van der Waals surface area contributed by atoms with E-state index >= 15 is 0 Å². The van der Waals surface area contributed by atoms with Gasteiger partial charge in [0, 0.05) is 12.8 Å². The molecule has 5 heteroatoms. The van der Waals surface area contributed by atoms with E-state index in [1.54, 1.807) is 12.1 Å². The Kier molecular flexibility index (Phi) is 2.61. The van der Waals surface area contributed by atoms with Gasteiger partial charge in [-0.25, -0.2) is 9.88 Å². The molecule has 2 heterocycles. The van der Waals surface area contributed by atoms with Crippen molar-refractivity contribution in [3.63, 3.8) is 0 Å². The lowest BCUT2D eigenvalue weighted by Crippen LogP contribution is -2.46. The first-order valence-electron chi connectivity index (χ1n) is 5.46. The number of carbonyl (C=O) groups excluding carboxylic acids is 2. The minimum absolute atomic E-state index is 0.183. The maximum atomic E-state index is 12.0. The molecular formula is C12H15N3O2. The number of nitrogen functional groups attached to an aromatic ring is 1. The average molecular weight is 233 g/mol. The van der Waals surface area contributed by atoms with Gasteiger partial charge in [0.15, 0.2) is 0 Å². The van der Waals surface area contributed by atoms with E-state index in [-0.39, 0.29) is 17.2 Å². The normalized spacial score (nSPS) is 19.5. The molecule has 0 unspecified atom stereocenters. The predicted octanol–water partition coefficient (Wildman–Crippen LogP) is 1.34. The molecule has 1 aliphatic rings. The van der Waals surface area contributed by atoms with Crippen LogP contribution in [0.25, 0.3) is 0 Å². The molecule has 1 fully saturated rings. The second kappa shape index (κ2) is 3.84. The summed E-state index contributed by atoms with van der Waals surface area (Å²) in [6.45, 7) is 3.84. The summed E-state index contributed by atoms with van der Waals surface area (Å²) in [4.78, 5) is 29.0. The Bertz CT molecular complexity index is 445. The minimum Gasteiger partial charge on any atom is -0.384 e. The van der Waals surface area contributed by atoms with Crippen LogP contribution in [-0.2, 0) is 9.59 Å². The van der Waals surface area contributed by atoms with Gasteiger partial charge in [-0.3, -0.25) is 9.59 Å². The first-order valence-corrected chi connectivity index (χ1v) is 5.46. The summed E-state index contributed by atoms with van der Waals surface area (Å²) in [5.74, 6) is 0.00151. The average Bonchev–Trinajstić information content (AvgIpc) is 2.18. The minimum atomic E-state index is -0.258. The van der Waals surface area contributed by atoms with Crippen LogP contribution in [0.4, 0.5) is 11.5 Å². The summed E-state index contributed by atoms with van der Waals surface area (Å²) in [6.07, 6.45) is 2.18. The molecule has 17 heavy (non-hydrogen) atoms. The Labute approximate surface area is 99.6 Å². The molecule has 2 rings (SSSR count). The van der Waals surface area contributed by atoms with Gasteiger partial charge in [-0.15, -0.1) is 0 Å². The quantitative estimate of drug-likeness (QED) is 0.743. The third kappa shape index (κ3) is 2.27. The van der Waals surface area contributed by atoms with E-state index in [4.69, 9.17) is 5.73 Å². The van der Waals surface area contributed by atoms with E-state index in [0.29, 0.717) is 24.3 Å². The molecule has 2 N–H and O–H groups in total. The molecule has 0 aromatic carbocycles. The van der Waals surface area contributed by atoms with Gasteiger partial charge in [0.1, 0.15) is 5.82 Å². The summed E-state index contributed by atoms with van der Waals surface area (Å²) in [5.41, 5.74) is 5.70. The molecule has 90 valence electrons. The van der Waals surface area contributed by atoms with Gasteiger partial charge in [0.2, 0.25) is 11.8 Å². The fourth-order valence-corrected chi connectivity index (χ4v) is 2.00. The standard InChI is InChI=1S/C12H15N3O2/c1-12(2)5-10(16)15(11(17)6-12)8-3-4-9(13)14-7-8/h3-4,7H,5-6H2,1-2H3,(H2,13,14). The lowest BCUT2D eigenvalue weighted by molar-refractivity contribution is -0.132. The second-order valence-electron chi connectivity index (χ2n) is 5.08. The van der Waals surface area contributed by atoms with Crippen molar-refractivity contribution < 1.29 is 9.59 Å². The highest BCUT2D eigenvalue weighted by Crippen LogP contribution is 2.33. The number of aromatic nitrogens is 1. The molecular weight excluding hydrogens is 218 g/mol. The Balaban J connectivity index is 2.30. The molecule has 1 aromatic heterocycles. The fraction of sp³-hybridized carbons (Fsp3) is 0.417. The predicted molar refractivity (Wildman–Crippen MR) is 64.2 cm³/mol. The molecule has 0 radical (unpaired) electrons. The third-order valence-electron chi connectivity index (χ3n) is 2.79. The molecule has 0 atom stereocenters. The van der Waals surface area contributed by atoms with E-state index in [9.17, 15) is 9.59 Å². The van der Waals surface area contributed by atoms with Crippen LogP contribution in [0.2, 0.25) is 0 Å². The molecule has 0 saturated carbocycles. The van der Waals surface area contributed by atoms with E-state index in [0.717, 1.165) is 0 Å². The Hall–Kier alpha value is -1.91. The summed E-state index contributed by atoms with van der Waals surface area (Å²) < 4.78 is 0. The molecule has 1 saturated heterocycles. The van der Waals surface area contributed by atoms with E-state index in [2.05, 4.69) is 4.98 Å². The van der Waals surface area contributed by atoms with E-state index in [1.165, 1.54) is 11.1 Å². The number of imide groups is 1. The number of nitrogens with zero attached hydrogens (tertiary/aromatic N) is 2. The van der Waals surface area contributed by atoms with Crippen molar-refractivity contribution in [2.24, 2.45) is 5.41 Å². The van der Waals surface area contributed by atoms with Crippen LogP contribution in [0.15, 0.2) is 18.3 Å². The largest absolute Gasteiger partial charge is 0.384 e. The van der Waals surface area contributed by atoms with Crippen LogP contribution in [0, 0.1) is 5.41 Å². The maximum absolute atomic E-state index is 12.0. The van der Waals surface area contributed by atoms with Gasteiger partial charge < -0.3 is 5.73 Å². The van der Waals surface area contributed by atoms with Crippen molar-refractivity contribution in [2.75, 3.05) is 10.6 Å². The van der Waals surface area contributed by atoms with Crippen LogP contribution >= 0.6 is 0 Å². The highest BCUT2D eigenvalue weighted by molar-refractivity contribution is 6.16. The van der Waals surface area contributed by atoms with Crippen molar-refractivity contribution in [3.8, 4) is 0 Å². The first kappa shape index (κ1) is 11.6. The summed E-state index contributed by atoms with van der Waals surface area (Å²) in [7, 11) is 0. The topological polar surface area (TPSA) is 76.3 Å². The van der Waals surface area contributed by atoms with Crippen LogP contribution in [0.5, 0.6) is 0 Å². The number of piperidine rings is 1. The van der Waals surface area contributed by atoms with Crippen molar-refractivity contribution in [1.82, 2.24) is 4.98 Å². The molecule has 0 aliphatic carbocycles. The van der Waals surface area contributed by atoms with E-state index < -0.39 is 0 Å². The summed E-state index contributed by atoms with van der Waals surface area (Å²) in [6, 6.07) is 3.21. The smallest absolute Gasteiger partial charge is 0.234 e. The van der Waals surface area contributed by atoms with Crippen molar-refractivity contribution in [3.05, 3.63) is 18.3 Å². The molecule has 1 aliphatic heterocycles. The Morgan fingerprint density at radius 3 is 2.29 bits per heavy atom. The van der Waals surface area contributed by atoms with Crippen molar-refractivity contribution in [1.29, 1.82) is 0 Å². The number of amides is 2. The highest BCUT2D eigenvalue weighted by Gasteiger charge is 2.38. The van der Waals surface area contributed by atoms with Gasteiger partial charge in [0.05, 0.1) is 11.9 Å². The molecule has 1 aromatic rings. The van der Waals surface area contributed by atoms with Crippen LogP contribution in [0.1, 0.15) is 26.7 Å².